The van der Waals surface area contributed by atoms with Crippen LogP contribution >= 0.6 is 0 Å². The number of benzene rings is 2. The van der Waals surface area contributed by atoms with Gasteiger partial charge in [-0.1, -0.05) is 18.2 Å². The van der Waals surface area contributed by atoms with Crippen LogP contribution in [0.1, 0.15) is 17.3 Å². The van der Waals surface area contributed by atoms with Gasteiger partial charge in [-0.05, 0) is 29.1 Å². The first-order valence-corrected chi connectivity index (χ1v) is 9.21. The molecule has 0 amide bonds. The fourth-order valence-corrected chi connectivity index (χ4v) is 4.39. The summed E-state index contributed by atoms with van der Waals surface area (Å²) in [6.45, 7) is 1.03. The molecule has 1 aliphatic heterocycles. The van der Waals surface area contributed by atoms with E-state index in [0.29, 0.717) is 5.75 Å². The number of rotatable bonds is 4. The zero-order valence-electron chi connectivity index (χ0n) is 16.7. The molecule has 1 aromatic heterocycles. The lowest BCUT2D eigenvalue weighted by molar-refractivity contribution is -0.926. The van der Waals surface area contributed by atoms with Crippen molar-refractivity contribution in [2.24, 2.45) is 0 Å². The maximum Gasteiger partial charge on any atom is 0.203 e. The van der Waals surface area contributed by atoms with E-state index in [2.05, 4.69) is 61.3 Å². The Bertz CT molecular complexity index is 991. The minimum Gasteiger partial charge on any atom is -0.493 e. The van der Waals surface area contributed by atoms with E-state index < -0.39 is 0 Å². The second kappa shape index (κ2) is 6.50. The molecule has 1 atom stereocenters. The van der Waals surface area contributed by atoms with E-state index in [4.69, 9.17) is 14.2 Å². The number of methoxy groups -OCH3 is 3. The first-order valence-electron chi connectivity index (χ1n) is 9.21. The van der Waals surface area contributed by atoms with Gasteiger partial charge in [0.25, 0.3) is 0 Å². The highest BCUT2D eigenvalue weighted by atomic mass is 16.5. The highest BCUT2D eigenvalue weighted by Gasteiger charge is 2.41. The van der Waals surface area contributed by atoms with Crippen LogP contribution in [-0.2, 0) is 6.42 Å². The molecule has 0 spiro atoms. The number of nitrogens with zero attached hydrogens (tertiary/aromatic N) is 2. The number of hydrogen-bond acceptors (Lipinski definition) is 3. The highest BCUT2D eigenvalue weighted by molar-refractivity contribution is 5.80. The van der Waals surface area contributed by atoms with Gasteiger partial charge in [0, 0.05) is 12.6 Å². The summed E-state index contributed by atoms with van der Waals surface area (Å²) in [6, 6.07) is 12.8. The quantitative estimate of drug-likeness (QED) is 0.657. The molecule has 0 saturated heterocycles. The Balaban J connectivity index is 2.03. The molecule has 0 N–H and O–H groups in total. The number of hydrogen-bond donors (Lipinski definition) is 0. The van der Waals surface area contributed by atoms with E-state index in [1.165, 1.54) is 22.0 Å². The Morgan fingerprint density at radius 2 is 1.70 bits per heavy atom. The molecule has 142 valence electrons. The van der Waals surface area contributed by atoms with E-state index >= 15 is 0 Å². The lowest BCUT2D eigenvalue weighted by Gasteiger charge is -2.44. The topological polar surface area (TPSA) is 32.6 Å². The van der Waals surface area contributed by atoms with Gasteiger partial charge >= 0.3 is 0 Å². The van der Waals surface area contributed by atoms with Crippen LogP contribution < -0.4 is 14.2 Å². The molecule has 1 aliphatic rings. The molecule has 2 aromatic carbocycles. The third-order valence-corrected chi connectivity index (χ3v) is 5.72. The largest absolute Gasteiger partial charge is 0.493 e. The molecule has 27 heavy (non-hydrogen) atoms. The Hall–Kier alpha value is -2.66. The average molecular weight is 367 g/mol. The van der Waals surface area contributed by atoms with Gasteiger partial charge in [-0.15, -0.1) is 0 Å². The summed E-state index contributed by atoms with van der Waals surface area (Å²) in [5.41, 5.74) is 3.65. The number of quaternary nitrogens is 1. The Labute approximate surface area is 160 Å². The van der Waals surface area contributed by atoms with Gasteiger partial charge in [0.05, 0.1) is 53.0 Å². The molecule has 3 aromatic rings. The van der Waals surface area contributed by atoms with E-state index in [9.17, 15) is 0 Å². The predicted molar refractivity (Wildman–Crippen MR) is 107 cm³/mol. The van der Waals surface area contributed by atoms with E-state index in [0.717, 1.165) is 28.9 Å². The van der Waals surface area contributed by atoms with Crippen molar-refractivity contribution in [3.05, 3.63) is 53.7 Å². The predicted octanol–water partition coefficient (Wildman–Crippen LogP) is 3.85. The monoisotopic (exact) mass is 367 g/mol. The first kappa shape index (κ1) is 17.7. The van der Waals surface area contributed by atoms with Crippen molar-refractivity contribution < 1.29 is 18.7 Å². The standard InChI is InChI=1S/C22H27N2O3/c1-24(2)13-11-16-14-18(25-3)20(26-4)21(27-5)19(16)22(24)23-12-10-15-8-6-7-9-17(15)23/h6-10,12,14,22H,11,13H2,1-5H3/q+1. The number of likely N-dealkylation sites (N-methyl/N-ethyl adjacent to an activating group) is 1. The smallest absolute Gasteiger partial charge is 0.203 e. The van der Waals surface area contributed by atoms with Crippen LogP contribution in [-0.4, -0.2) is 51.0 Å². The van der Waals surface area contributed by atoms with Crippen LogP contribution in [0.5, 0.6) is 17.2 Å². The molecule has 4 rings (SSSR count). The molecular weight excluding hydrogens is 340 g/mol. The van der Waals surface area contributed by atoms with Crippen LogP contribution in [0.25, 0.3) is 10.9 Å². The van der Waals surface area contributed by atoms with Crippen molar-refractivity contribution in [1.29, 1.82) is 0 Å². The maximum atomic E-state index is 5.88. The number of para-hydroxylation sites is 1. The van der Waals surface area contributed by atoms with Gasteiger partial charge in [0.15, 0.2) is 17.7 Å². The zero-order chi connectivity index (χ0) is 19.2. The molecule has 1 unspecified atom stereocenters. The van der Waals surface area contributed by atoms with Gasteiger partial charge < -0.3 is 18.7 Å². The van der Waals surface area contributed by atoms with Crippen molar-refractivity contribution in [3.63, 3.8) is 0 Å². The van der Waals surface area contributed by atoms with Crippen molar-refractivity contribution in [2.75, 3.05) is 42.0 Å². The fraction of sp³-hybridized carbons (Fsp3) is 0.364. The zero-order valence-corrected chi connectivity index (χ0v) is 16.7. The lowest BCUT2D eigenvalue weighted by atomic mass is 9.93. The summed E-state index contributed by atoms with van der Waals surface area (Å²) in [6.07, 6.45) is 3.23. The molecule has 0 bridgehead atoms. The molecule has 5 heteroatoms. The van der Waals surface area contributed by atoms with Crippen LogP contribution in [0.15, 0.2) is 42.6 Å². The molecule has 0 saturated carbocycles. The third kappa shape index (κ3) is 2.65. The normalized spacial score (nSPS) is 18.2. The number of fused-ring (bicyclic) bond motifs is 2. The van der Waals surface area contributed by atoms with Crippen LogP contribution in [0, 0.1) is 0 Å². The summed E-state index contributed by atoms with van der Waals surface area (Å²) < 4.78 is 20.3. The maximum absolute atomic E-state index is 5.88. The molecular formula is C22H27N2O3+. The molecule has 0 aliphatic carbocycles. The minimum absolute atomic E-state index is 0.0865. The Morgan fingerprint density at radius 3 is 2.41 bits per heavy atom. The van der Waals surface area contributed by atoms with E-state index in [1.807, 2.05) is 0 Å². The second-order valence-electron chi connectivity index (χ2n) is 7.63. The third-order valence-electron chi connectivity index (χ3n) is 5.72. The van der Waals surface area contributed by atoms with Crippen LogP contribution in [0.3, 0.4) is 0 Å². The van der Waals surface area contributed by atoms with Crippen molar-refractivity contribution in [1.82, 2.24) is 4.57 Å². The second-order valence-corrected chi connectivity index (χ2v) is 7.63. The van der Waals surface area contributed by atoms with E-state index in [1.54, 1.807) is 21.3 Å². The molecule has 0 fully saturated rings. The van der Waals surface area contributed by atoms with Gasteiger partial charge in [-0.2, -0.15) is 0 Å². The summed E-state index contributed by atoms with van der Waals surface area (Å²) in [5, 5.41) is 1.24. The Kier molecular flexibility index (Phi) is 4.27. The average Bonchev–Trinajstić information content (AvgIpc) is 3.09. The highest BCUT2D eigenvalue weighted by Crippen LogP contribution is 2.49. The molecule has 5 nitrogen and oxygen atoms in total. The van der Waals surface area contributed by atoms with E-state index in [-0.39, 0.29) is 6.17 Å². The number of ether oxygens (including phenoxy) is 3. The Morgan fingerprint density at radius 1 is 0.963 bits per heavy atom. The van der Waals surface area contributed by atoms with Crippen molar-refractivity contribution in [2.45, 2.75) is 12.6 Å². The number of aromatic nitrogens is 1. The van der Waals surface area contributed by atoms with Crippen molar-refractivity contribution >= 4 is 10.9 Å². The summed E-state index contributed by atoms with van der Waals surface area (Å²) in [5.74, 6) is 2.14. The fourth-order valence-electron chi connectivity index (χ4n) is 4.39. The van der Waals surface area contributed by atoms with Crippen LogP contribution in [0.2, 0.25) is 0 Å². The SMILES string of the molecule is COc1cc2c(c(OC)c1OC)C(n1ccc3ccccc31)[N+](C)(C)CC2. The summed E-state index contributed by atoms with van der Waals surface area (Å²) >= 11 is 0. The van der Waals surface area contributed by atoms with Gasteiger partial charge in [-0.3, -0.25) is 4.57 Å². The van der Waals surface area contributed by atoms with Crippen LogP contribution in [0.4, 0.5) is 0 Å². The van der Waals surface area contributed by atoms with Gasteiger partial charge in [0.1, 0.15) is 0 Å². The lowest BCUT2D eigenvalue weighted by Crippen LogP contribution is -2.50. The van der Waals surface area contributed by atoms with Gasteiger partial charge in [0.2, 0.25) is 5.75 Å². The van der Waals surface area contributed by atoms with Gasteiger partial charge in [-0.25, -0.2) is 0 Å². The minimum atomic E-state index is 0.0865. The van der Waals surface area contributed by atoms with Crippen molar-refractivity contribution in [3.8, 4) is 17.2 Å². The summed E-state index contributed by atoms with van der Waals surface area (Å²) in [7, 11) is 9.59. The summed E-state index contributed by atoms with van der Waals surface area (Å²) in [4.78, 5) is 0. The molecule has 2 heterocycles. The molecule has 0 radical (unpaired) electrons. The first-order chi connectivity index (χ1) is 13.0.